The molecule has 3 N–H and O–H groups in total. The first-order valence-corrected chi connectivity index (χ1v) is 7.63. The number of rotatable bonds is 2. The Morgan fingerprint density at radius 1 is 1.22 bits per heavy atom. The first-order chi connectivity index (χ1) is 11.1. The summed E-state index contributed by atoms with van der Waals surface area (Å²) < 4.78 is 1.89. The SMILES string of the molecule is Cc1cccc2cc(-c3nn(C(C)C)c4ncnc(N)c34)[nH]c12. The molecular weight excluding hydrogens is 288 g/mol. The maximum Gasteiger partial charge on any atom is 0.164 e. The minimum absolute atomic E-state index is 0.187. The molecule has 6 nitrogen and oxygen atoms in total. The van der Waals surface area contributed by atoms with Gasteiger partial charge in [0.15, 0.2) is 5.65 Å². The Balaban J connectivity index is 2.06. The van der Waals surface area contributed by atoms with Gasteiger partial charge in [-0.2, -0.15) is 5.10 Å². The van der Waals surface area contributed by atoms with E-state index in [2.05, 4.69) is 60.0 Å². The van der Waals surface area contributed by atoms with Crippen LogP contribution in [0, 0.1) is 6.92 Å². The minimum Gasteiger partial charge on any atom is -0.383 e. The summed E-state index contributed by atoms with van der Waals surface area (Å²) in [5, 5.41) is 6.70. The van der Waals surface area contributed by atoms with Crippen LogP contribution < -0.4 is 5.73 Å². The molecule has 0 atom stereocenters. The fraction of sp³-hybridized carbons (Fsp3) is 0.235. The van der Waals surface area contributed by atoms with Crippen LogP contribution in [0.15, 0.2) is 30.6 Å². The number of aromatic nitrogens is 5. The molecule has 0 bridgehead atoms. The van der Waals surface area contributed by atoms with Gasteiger partial charge in [-0.3, -0.25) is 0 Å². The van der Waals surface area contributed by atoms with Crippen LogP contribution in [0.1, 0.15) is 25.5 Å². The maximum atomic E-state index is 6.11. The van der Waals surface area contributed by atoms with Crippen LogP contribution in [0.5, 0.6) is 0 Å². The topological polar surface area (TPSA) is 85.4 Å². The van der Waals surface area contributed by atoms with Crippen molar-refractivity contribution >= 4 is 27.8 Å². The van der Waals surface area contributed by atoms with E-state index in [0.717, 1.165) is 33.3 Å². The van der Waals surface area contributed by atoms with Gasteiger partial charge < -0.3 is 10.7 Å². The highest BCUT2D eigenvalue weighted by Gasteiger charge is 2.19. The van der Waals surface area contributed by atoms with Crippen molar-refractivity contribution in [2.45, 2.75) is 26.8 Å². The van der Waals surface area contributed by atoms with Crippen LogP contribution in [0.2, 0.25) is 0 Å². The number of benzene rings is 1. The molecule has 6 heteroatoms. The molecular formula is C17H18N6. The predicted molar refractivity (Wildman–Crippen MR) is 92.2 cm³/mol. The molecule has 0 aliphatic carbocycles. The first kappa shape index (κ1) is 13.8. The first-order valence-electron chi connectivity index (χ1n) is 7.63. The maximum absolute atomic E-state index is 6.11. The second-order valence-electron chi connectivity index (χ2n) is 6.07. The standard InChI is InChI=1S/C17H18N6/c1-9(2)23-17-13(16(18)19-8-20-17)15(22-23)12-7-11-6-4-5-10(3)14(11)21-12/h4-9,21H,1-3H3,(H2,18,19,20). The lowest BCUT2D eigenvalue weighted by Gasteiger charge is -2.05. The second kappa shape index (κ2) is 4.81. The number of hydrogen-bond donors (Lipinski definition) is 2. The Labute approximate surface area is 133 Å². The Kier molecular flexibility index (Phi) is 2.87. The lowest BCUT2D eigenvalue weighted by atomic mass is 10.1. The molecule has 3 heterocycles. The molecule has 0 unspecified atom stereocenters. The van der Waals surface area contributed by atoms with Crippen LogP contribution in [0.4, 0.5) is 5.82 Å². The number of fused-ring (bicyclic) bond motifs is 2. The van der Waals surface area contributed by atoms with Gasteiger partial charge >= 0.3 is 0 Å². The average Bonchev–Trinajstić information content (AvgIpc) is 3.09. The number of nitrogens with zero attached hydrogens (tertiary/aromatic N) is 4. The molecule has 0 radical (unpaired) electrons. The van der Waals surface area contributed by atoms with Crippen molar-refractivity contribution in [2.24, 2.45) is 0 Å². The quantitative estimate of drug-likeness (QED) is 0.594. The average molecular weight is 306 g/mol. The van der Waals surface area contributed by atoms with Gasteiger partial charge in [-0.1, -0.05) is 18.2 Å². The lowest BCUT2D eigenvalue weighted by Crippen LogP contribution is -2.04. The number of nitrogens with one attached hydrogen (secondary N) is 1. The normalized spacial score (nSPS) is 11.8. The largest absolute Gasteiger partial charge is 0.383 e. The molecule has 0 fully saturated rings. The number of nitrogen functional groups attached to an aromatic ring is 1. The Morgan fingerprint density at radius 3 is 2.78 bits per heavy atom. The van der Waals surface area contributed by atoms with Crippen molar-refractivity contribution in [1.29, 1.82) is 0 Å². The fourth-order valence-electron chi connectivity index (χ4n) is 2.98. The van der Waals surface area contributed by atoms with Crippen molar-refractivity contribution in [1.82, 2.24) is 24.7 Å². The van der Waals surface area contributed by atoms with E-state index in [1.165, 1.54) is 11.9 Å². The monoisotopic (exact) mass is 306 g/mol. The zero-order chi connectivity index (χ0) is 16.1. The number of anilines is 1. The summed E-state index contributed by atoms with van der Waals surface area (Å²) in [7, 11) is 0. The zero-order valence-electron chi connectivity index (χ0n) is 13.3. The number of nitrogens with two attached hydrogens (primary N) is 1. The van der Waals surface area contributed by atoms with Crippen molar-refractivity contribution in [3.05, 3.63) is 36.2 Å². The molecule has 1 aromatic carbocycles. The zero-order valence-corrected chi connectivity index (χ0v) is 13.3. The van der Waals surface area contributed by atoms with E-state index in [1.807, 2.05) is 4.68 Å². The summed E-state index contributed by atoms with van der Waals surface area (Å²) in [6, 6.07) is 8.51. The van der Waals surface area contributed by atoms with E-state index in [9.17, 15) is 0 Å². The minimum atomic E-state index is 0.187. The smallest absolute Gasteiger partial charge is 0.164 e. The highest BCUT2D eigenvalue weighted by molar-refractivity contribution is 6.00. The molecule has 0 saturated carbocycles. The van der Waals surface area contributed by atoms with Crippen LogP contribution in [0.25, 0.3) is 33.3 Å². The Morgan fingerprint density at radius 2 is 2.04 bits per heavy atom. The van der Waals surface area contributed by atoms with Gasteiger partial charge in [-0.25, -0.2) is 14.6 Å². The number of aryl methyl sites for hydroxylation is 1. The van der Waals surface area contributed by atoms with E-state index in [-0.39, 0.29) is 6.04 Å². The predicted octanol–water partition coefficient (Wildman–Crippen LogP) is 3.45. The molecule has 116 valence electrons. The van der Waals surface area contributed by atoms with E-state index < -0.39 is 0 Å². The number of aromatic amines is 1. The third-order valence-corrected chi connectivity index (χ3v) is 4.13. The molecule has 23 heavy (non-hydrogen) atoms. The summed E-state index contributed by atoms with van der Waals surface area (Å²) in [5.41, 5.74) is 10.9. The molecule has 0 spiro atoms. The summed E-state index contributed by atoms with van der Waals surface area (Å²) in [6.45, 7) is 6.23. The third-order valence-electron chi connectivity index (χ3n) is 4.13. The van der Waals surface area contributed by atoms with Crippen LogP contribution in [-0.2, 0) is 0 Å². The summed E-state index contributed by atoms with van der Waals surface area (Å²) in [6.07, 6.45) is 1.48. The number of para-hydroxylation sites is 1. The van der Waals surface area contributed by atoms with Gasteiger partial charge in [0, 0.05) is 16.9 Å². The Hall–Kier alpha value is -2.89. The van der Waals surface area contributed by atoms with Crippen LogP contribution in [0.3, 0.4) is 0 Å². The van der Waals surface area contributed by atoms with Crippen LogP contribution in [-0.4, -0.2) is 24.7 Å². The van der Waals surface area contributed by atoms with Gasteiger partial charge in [0.1, 0.15) is 17.8 Å². The highest BCUT2D eigenvalue weighted by atomic mass is 15.3. The van der Waals surface area contributed by atoms with Crippen molar-refractivity contribution < 1.29 is 0 Å². The summed E-state index contributed by atoms with van der Waals surface area (Å²) >= 11 is 0. The van der Waals surface area contributed by atoms with Crippen molar-refractivity contribution in [2.75, 3.05) is 5.73 Å². The molecule has 3 aromatic heterocycles. The van der Waals surface area contributed by atoms with E-state index in [1.54, 1.807) is 0 Å². The van der Waals surface area contributed by atoms with Crippen molar-refractivity contribution in [3.8, 4) is 11.4 Å². The summed E-state index contributed by atoms with van der Waals surface area (Å²) in [5.74, 6) is 0.451. The van der Waals surface area contributed by atoms with Gasteiger partial charge in [-0.05, 0) is 32.4 Å². The number of hydrogen-bond acceptors (Lipinski definition) is 4. The van der Waals surface area contributed by atoms with Crippen LogP contribution >= 0.6 is 0 Å². The molecule has 4 rings (SSSR count). The van der Waals surface area contributed by atoms with E-state index >= 15 is 0 Å². The number of H-pyrrole nitrogens is 1. The Bertz CT molecular complexity index is 1020. The van der Waals surface area contributed by atoms with E-state index in [0.29, 0.717) is 5.82 Å². The molecule has 0 aliphatic heterocycles. The third kappa shape index (κ3) is 1.98. The van der Waals surface area contributed by atoms with Gasteiger partial charge in [0.25, 0.3) is 0 Å². The summed E-state index contributed by atoms with van der Waals surface area (Å²) in [4.78, 5) is 12.0. The molecule has 4 aromatic rings. The molecule has 0 saturated heterocycles. The van der Waals surface area contributed by atoms with Gasteiger partial charge in [0.2, 0.25) is 0 Å². The van der Waals surface area contributed by atoms with E-state index in [4.69, 9.17) is 10.8 Å². The lowest BCUT2D eigenvalue weighted by molar-refractivity contribution is 0.547. The molecule has 0 amide bonds. The van der Waals surface area contributed by atoms with Gasteiger partial charge in [-0.15, -0.1) is 0 Å². The fourth-order valence-corrected chi connectivity index (χ4v) is 2.98. The highest BCUT2D eigenvalue weighted by Crippen LogP contribution is 2.33. The molecule has 0 aliphatic rings. The second-order valence-corrected chi connectivity index (χ2v) is 6.07. The van der Waals surface area contributed by atoms with Crippen molar-refractivity contribution in [3.63, 3.8) is 0 Å². The van der Waals surface area contributed by atoms with Gasteiger partial charge in [0.05, 0.1) is 11.1 Å².